The van der Waals surface area contributed by atoms with E-state index in [0.717, 1.165) is 25.9 Å². The molecule has 1 saturated heterocycles. The predicted molar refractivity (Wildman–Crippen MR) is 48.3 cm³/mol. The van der Waals surface area contributed by atoms with Crippen molar-refractivity contribution >= 4 is 9.73 Å². The highest BCUT2D eigenvalue weighted by molar-refractivity contribution is 7.92. The lowest BCUT2D eigenvalue weighted by Gasteiger charge is -2.19. The average molecular weight is 176 g/mol. The van der Waals surface area contributed by atoms with Gasteiger partial charge in [0.05, 0.1) is 6.04 Å². The smallest absolute Gasteiger partial charge is 0.0718 e. The van der Waals surface area contributed by atoms with Crippen LogP contribution in [0.2, 0.25) is 0 Å². The summed E-state index contributed by atoms with van der Waals surface area (Å²) < 4.78 is 15.5. The van der Waals surface area contributed by atoms with Crippen molar-refractivity contribution in [2.75, 3.05) is 25.6 Å². The fourth-order valence-electron chi connectivity index (χ4n) is 1.28. The Balaban J connectivity index is 2.55. The quantitative estimate of drug-likeness (QED) is 0.631. The van der Waals surface area contributed by atoms with Gasteiger partial charge in [-0.05, 0) is 19.4 Å². The minimum atomic E-state index is -1.89. The summed E-state index contributed by atoms with van der Waals surface area (Å²) in [5.74, 6) is 0. The van der Waals surface area contributed by atoms with Gasteiger partial charge in [0, 0.05) is 28.8 Å². The van der Waals surface area contributed by atoms with E-state index in [1.165, 1.54) is 0 Å². The van der Waals surface area contributed by atoms with Gasteiger partial charge in [-0.15, -0.1) is 0 Å². The SMILES string of the molecule is CS(C)(=O)=NC1CCCNC1. The van der Waals surface area contributed by atoms with Crippen LogP contribution >= 0.6 is 0 Å². The Kier molecular flexibility index (Phi) is 2.90. The molecule has 0 amide bonds. The maximum absolute atomic E-state index is 11.3. The first-order valence-electron chi connectivity index (χ1n) is 3.95. The molecule has 0 aromatic carbocycles. The van der Waals surface area contributed by atoms with Gasteiger partial charge in [0.25, 0.3) is 0 Å². The van der Waals surface area contributed by atoms with E-state index >= 15 is 0 Å². The first-order chi connectivity index (χ1) is 5.08. The molecule has 4 heteroatoms. The largest absolute Gasteiger partial charge is 0.315 e. The van der Waals surface area contributed by atoms with Gasteiger partial charge in [-0.1, -0.05) is 0 Å². The minimum absolute atomic E-state index is 0.284. The van der Waals surface area contributed by atoms with E-state index in [9.17, 15) is 4.21 Å². The first-order valence-corrected chi connectivity index (χ1v) is 6.28. The van der Waals surface area contributed by atoms with Gasteiger partial charge in [-0.3, -0.25) is 4.21 Å². The lowest BCUT2D eigenvalue weighted by atomic mass is 10.1. The molecule has 0 aromatic rings. The van der Waals surface area contributed by atoms with Crippen LogP contribution in [-0.4, -0.2) is 35.9 Å². The van der Waals surface area contributed by atoms with Crippen LogP contribution in [-0.2, 0) is 9.73 Å². The van der Waals surface area contributed by atoms with Crippen LogP contribution in [0.5, 0.6) is 0 Å². The molecule has 1 fully saturated rings. The molecule has 1 rings (SSSR count). The van der Waals surface area contributed by atoms with Crippen LogP contribution in [0.25, 0.3) is 0 Å². The summed E-state index contributed by atoms with van der Waals surface area (Å²) in [6.45, 7) is 1.99. The zero-order valence-electron chi connectivity index (χ0n) is 7.17. The summed E-state index contributed by atoms with van der Waals surface area (Å²) in [7, 11) is -1.89. The Morgan fingerprint density at radius 1 is 1.55 bits per heavy atom. The third-order valence-corrected chi connectivity index (χ3v) is 2.48. The van der Waals surface area contributed by atoms with Crippen LogP contribution in [0.3, 0.4) is 0 Å². The lowest BCUT2D eigenvalue weighted by Crippen LogP contribution is -2.32. The van der Waals surface area contributed by atoms with E-state index < -0.39 is 9.73 Å². The van der Waals surface area contributed by atoms with Gasteiger partial charge in [0.2, 0.25) is 0 Å². The fourth-order valence-corrected chi connectivity index (χ4v) is 2.18. The van der Waals surface area contributed by atoms with Crippen molar-refractivity contribution < 1.29 is 4.21 Å². The molecule has 0 aromatic heterocycles. The van der Waals surface area contributed by atoms with Crippen LogP contribution < -0.4 is 5.32 Å². The number of nitrogens with one attached hydrogen (secondary N) is 1. The molecule has 0 radical (unpaired) electrons. The number of hydrogen-bond donors (Lipinski definition) is 1. The van der Waals surface area contributed by atoms with Crippen LogP contribution in [0.1, 0.15) is 12.8 Å². The molecule has 11 heavy (non-hydrogen) atoms. The monoisotopic (exact) mass is 176 g/mol. The Bertz CT molecular complexity index is 217. The van der Waals surface area contributed by atoms with E-state index in [1.807, 2.05) is 0 Å². The average Bonchev–Trinajstić information content (AvgIpc) is 1.85. The van der Waals surface area contributed by atoms with E-state index in [4.69, 9.17) is 0 Å². The topological polar surface area (TPSA) is 41.5 Å². The molecule has 1 heterocycles. The highest BCUT2D eigenvalue weighted by atomic mass is 32.2. The third kappa shape index (κ3) is 3.72. The van der Waals surface area contributed by atoms with Crippen molar-refractivity contribution in [3.8, 4) is 0 Å². The lowest BCUT2D eigenvalue weighted by molar-refractivity contribution is 0.462. The van der Waals surface area contributed by atoms with Crippen molar-refractivity contribution in [3.63, 3.8) is 0 Å². The molecule has 1 atom stereocenters. The van der Waals surface area contributed by atoms with Gasteiger partial charge in [0.1, 0.15) is 0 Å². The van der Waals surface area contributed by atoms with Crippen LogP contribution in [0.15, 0.2) is 4.36 Å². The van der Waals surface area contributed by atoms with Crippen molar-refractivity contribution in [1.29, 1.82) is 0 Å². The molecule has 0 aliphatic carbocycles. The molecule has 1 unspecified atom stereocenters. The Morgan fingerprint density at radius 2 is 2.27 bits per heavy atom. The minimum Gasteiger partial charge on any atom is -0.315 e. The summed E-state index contributed by atoms with van der Waals surface area (Å²) in [5.41, 5.74) is 0. The standard InChI is InChI=1S/C7H16N2OS/c1-11(2,10)9-7-4-3-5-8-6-7/h7-8H,3-6H2,1-2H3. The number of nitrogens with zero attached hydrogens (tertiary/aromatic N) is 1. The normalized spacial score (nSPS) is 26.5. The van der Waals surface area contributed by atoms with Crippen molar-refractivity contribution in [1.82, 2.24) is 5.32 Å². The second-order valence-electron chi connectivity index (χ2n) is 3.29. The van der Waals surface area contributed by atoms with Gasteiger partial charge in [-0.25, -0.2) is 4.36 Å². The van der Waals surface area contributed by atoms with Gasteiger partial charge < -0.3 is 5.32 Å². The molecular weight excluding hydrogens is 160 g/mol. The molecule has 1 N–H and O–H groups in total. The molecule has 1 aliphatic heterocycles. The van der Waals surface area contributed by atoms with Gasteiger partial charge in [-0.2, -0.15) is 0 Å². The Labute approximate surface area is 68.8 Å². The predicted octanol–water partition coefficient (Wildman–Crippen LogP) is 0.466. The van der Waals surface area contributed by atoms with Gasteiger partial charge in [0.15, 0.2) is 0 Å². The number of rotatable bonds is 1. The highest BCUT2D eigenvalue weighted by Crippen LogP contribution is 2.07. The van der Waals surface area contributed by atoms with E-state index in [1.54, 1.807) is 12.5 Å². The number of piperidine rings is 1. The second kappa shape index (κ2) is 3.54. The molecule has 0 spiro atoms. The van der Waals surface area contributed by atoms with Crippen molar-refractivity contribution in [2.24, 2.45) is 4.36 Å². The summed E-state index contributed by atoms with van der Waals surface area (Å²) >= 11 is 0. The summed E-state index contributed by atoms with van der Waals surface area (Å²) in [6.07, 6.45) is 5.64. The highest BCUT2D eigenvalue weighted by Gasteiger charge is 2.11. The molecule has 0 bridgehead atoms. The van der Waals surface area contributed by atoms with Gasteiger partial charge >= 0.3 is 0 Å². The molecule has 1 aliphatic rings. The second-order valence-corrected chi connectivity index (χ2v) is 5.86. The number of hydrogen-bond acceptors (Lipinski definition) is 3. The van der Waals surface area contributed by atoms with Crippen molar-refractivity contribution in [3.05, 3.63) is 0 Å². The van der Waals surface area contributed by atoms with Crippen molar-refractivity contribution in [2.45, 2.75) is 18.9 Å². The maximum Gasteiger partial charge on any atom is 0.0718 e. The zero-order chi connectivity index (χ0) is 8.32. The molecule has 66 valence electrons. The summed E-state index contributed by atoms with van der Waals surface area (Å²) in [6, 6.07) is 0.284. The van der Waals surface area contributed by atoms with E-state index in [-0.39, 0.29) is 6.04 Å². The van der Waals surface area contributed by atoms with E-state index in [0.29, 0.717) is 0 Å². The molecular formula is C7H16N2OS. The first kappa shape index (κ1) is 9.00. The van der Waals surface area contributed by atoms with Crippen LogP contribution in [0, 0.1) is 0 Å². The third-order valence-electron chi connectivity index (χ3n) is 1.67. The molecule has 3 nitrogen and oxygen atoms in total. The Hall–Kier alpha value is -0.0900. The molecule has 0 saturated carbocycles. The zero-order valence-corrected chi connectivity index (χ0v) is 7.99. The summed E-state index contributed by atoms with van der Waals surface area (Å²) in [4.78, 5) is 0. The summed E-state index contributed by atoms with van der Waals surface area (Å²) in [5, 5.41) is 3.24. The Morgan fingerprint density at radius 3 is 2.73 bits per heavy atom. The maximum atomic E-state index is 11.3. The fraction of sp³-hybridized carbons (Fsp3) is 1.00. The van der Waals surface area contributed by atoms with E-state index in [2.05, 4.69) is 9.68 Å². The van der Waals surface area contributed by atoms with Crippen LogP contribution in [0.4, 0.5) is 0 Å².